The molecule has 0 aromatic carbocycles. The highest BCUT2D eigenvalue weighted by molar-refractivity contribution is 6.36. The molecule has 2 aromatic heterocycles. The van der Waals surface area contributed by atoms with Crippen molar-refractivity contribution >= 4 is 29.0 Å². The number of anilines is 2. The number of nitrogens with zero attached hydrogens (tertiary/aromatic N) is 4. The van der Waals surface area contributed by atoms with Crippen molar-refractivity contribution in [3.05, 3.63) is 17.5 Å². The molecule has 1 saturated carbocycles. The van der Waals surface area contributed by atoms with Crippen LogP contribution in [0.1, 0.15) is 36.9 Å². The van der Waals surface area contributed by atoms with Crippen LogP contribution in [0.3, 0.4) is 0 Å². The van der Waals surface area contributed by atoms with Gasteiger partial charge < -0.3 is 15.3 Å². The minimum atomic E-state index is -1.53. The number of carbonyl (C=O) groups excluding carboxylic acids is 1. The summed E-state index contributed by atoms with van der Waals surface area (Å²) in [6, 6.07) is 0.525. The smallest absolute Gasteiger partial charge is 0.394 e. The van der Waals surface area contributed by atoms with E-state index in [9.17, 15) is 9.59 Å². The van der Waals surface area contributed by atoms with Crippen LogP contribution >= 0.6 is 0 Å². The number of nitrogens with one attached hydrogen (secondary N) is 1. The maximum absolute atomic E-state index is 11.5. The van der Waals surface area contributed by atoms with Crippen molar-refractivity contribution in [1.29, 1.82) is 0 Å². The topological polar surface area (TPSA) is 99.8 Å². The van der Waals surface area contributed by atoms with E-state index in [1.807, 2.05) is 6.92 Å². The van der Waals surface area contributed by atoms with E-state index in [0.29, 0.717) is 17.4 Å². The van der Waals surface area contributed by atoms with E-state index in [1.165, 1.54) is 37.4 Å². The van der Waals surface area contributed by atoms with Gasteiger partial charge in [0.05, 0.1) is 6.20 Å². The van der Waals surface area contributed by atoms with E-state index >= 15 is 0 Å². The molecule has 24 heavy (non-hydrogen) atoms. The lowest BCUT2D eigenvalue weighted by Crippen LogP contribution is -2.32. The maximum atomic E-state index is 11.5. The standard InChI is InChI=1S/C16H19N5O3/c1-9-11-6-7-20(10-4-2-3-5-10)15(11)21-13(18-9)12(8-17-21)19-14(22)16(23)24/h8,10H,2-7H2,1H3,(H,19,22)(H,23,24). The normalized spacial score (nSPS) is 17.5. The van der Waals surface area contributed by atoms with Gasteiger partial charge in [0.1, 0.15) is 11.5 Å². The Morgan fingerprint density at radius 1 is 1.33 bits per heavy atom. The number of hydrogen-bond donors (Lipinski definition) is 2. The third-order valence-electron chi connectivity index (χ3n) is 5.01. The summed E-state index contributed by atoms with van der Waals surface area (Å²) in [6.45, 7) is 2.91. The molecular formula is C16H19N5O3. The number of aliphatic carboxylic acids is 1. The molecule has 126 valence electrons. The van der Waals surface area contributed by atoms with Gasteiger partial charge in [-0.05, 0) is 26.2 Å². The molecule has 2 aliphatic rings. The first-order valence-electron chi connectivity index (χ1n) is 8.24. The molecular weight excluding hydrogens is 310 g/mol. The number of aryl methyl sites for hydroxylation is 1. The van der Waals surface area contributed by atoms with Crippen molar-refractivity contribution in [3.8, 4) is 0 Å². The summed E-state index contributed by atoms with van der Waals surface area (Å²) in [4.78, 5) is 29.2. The Hall–Kier alpha value is -2.64. The van der Waals surface area contributed by atoms with Crippen molar-refractivity contribution in [2.45, 2.75) is 45.1 Å². The fraction of sp³-hybridized carbons (Fsp3) is 0.500. The van der Waals surface area contributed by atoms with Gasteiger partial charge in [-0.2, -0.15) is 9.61 Å². The fourth-order valence-corrected chi connectivity index (χ4v) is 3.88. The molecule has 0 spiro atoms. The SMILES string of the molecule is Cc1nc2c(NC(=O)C(=O)O)cnn2c2c1CCN2C1CCCC1. The zero-order valence-corrected chi connectivity index (χ0v) is 13.4. The Balaban J connectivity index is 1.80. The van der Waals surface area contributed by atoms with Crippen molar-refractivity contribution in [2.75, 3.05) is 16.8 Å². The minimum Gasteiger partial charge on any atom is -0.474 e. The van der Waals surface area contributed by atoms with E-state index in [4.69, 9.17) is 5.11 Å². The number of rotatable bonds is 2. The summed E-state index contributed by atoms with van der Waals surface area (Å²) >= 11 is 0. The van der Waals surface area contributed by atoms with Gasteiger partial charge in [-0.15, -0.1) is 0 Å². The van der Waals surface area contributed by atoms with Gasteiger partial charge in [-0.25, -0.2) is 9.78 Å². The average molecular weight is 329 g/mol. The van der Waals surface area contributed by atoms with Crippen LogP contribution in [0.15, 0.2) is 6.20 Å². The third kappa shape index (κ3) is 2.21. The fourth-order valence-electron chi connectivity index (χ4n) is 3.88. The Morgan fingerprint density at radius 3 is 2.79 bits per heavy atom. The second-order valence-corrected chi connectivity index (χ2v) is 6.43. The molecule has 0 radical (unpaired) electrons. The van der Waals surface area contributed by atoms with Gasteiger partial charge in [0.2, 0.25) is 0 Å². The molecule has 0 atom stereocenters. The van der Waals surface area contributed by atoms with Gasteiger partial charge in [0.25, 0.3) is 0 Å². The zero-order valence-electron chi connectivity index (χ0n) is 13.4. The average Bonchev–Trinajstić information content (AvgIpc) is 3.25. The number of carboxylic acids is 1. The van der Waals surface area contributed by atoms with E-state index in [1.54, 1.807) is 4.52 Å². The Bertz CT molecular complexity index is 838. The second-order valence-electron chi connectivity index (χ2n) is 6.43. The van der Waals surface area contributed by atoms with E-state index in [-0.39, 0.29) is 0 Å². The van der Waals surface area contributed by atoms with Crippen LogP contribution in [0.4, 0.5) is 11.5 Å². The number of fused-ring (bicyclic) bond motifs is 3. The highest BCUT2D eigenvalue weighted by Gasteiger charge is 2.32. The molecule has 1 fully saturated rings. The van der Waals surface area contributed by atoms with Crippen molar-refractivity contribution < 1.29 is 14.7 Å². The molecule has 1 aliphatic heterocycles. The van der Waals surface area contributed by atoms with Gasteiger partial charge in [-0.1, -0.05) is 12.8 Å². The van der Waals surface area contributed by atoms with Gasteiger partial charge in [0.15, 0.2) is 5.65 Å². The number of carbonyl (C=O) groups is 2. The predicted octanol–water partition coefficient (Wildman–Crippen LogP) is 1.37. The largest absolute Gasteiger partial charge is 0.474 e. The number of aromatic nitrogens is 3. The van der Waals surface area contributed by atoms with Crippen LogP contribution in [0.2, 0.25) is 0 Å². The third-order valence-corrected chi connectivity index (χ3v) is 5.01. The van der Waals surface area contributed by atoms with Crippen LogP contribution in [0.25, 0.3) is 5.65 Å². The highest BCUT2D eigenvalue weighted by Crippen LogP contribution is 2.37. The van der Waals surface area contributed by atoms with Crippen LogP contribution in [0.5, 0.6) is 0 Å². The van der Waals surface area contributed by atoms with Crippen LogP contribution in [-0.2, 0) is 16.0 Å². The summed E-state index contributed by atoms with van der Waals surface area (Å²) < 4.78 is 1.74. The molecule has 3 heterocycles. The summed E-state index contributed by atoms with van der Waals surface area (Å²) in [5, 5.41) is 15.5. The summed E-state index contributed by atoms with van der Waals surface area (Å²) in [7, 11) is 0. The van der Waals surface area contributed by atoms with E-state index < -0.39 is 11.9 Å². The lowest BCUT2D eigenvalue weighted by Gasteiger charge is -2.27. The monoisotopic (exact) mass is 329 g/mol. The van der Waals surface area contributed by atoms with Gasteiger partial charge >= 0.3 is 11.9 Å². The highest BCUT2D eigenvalue weighted by atomic mass is 16.4. The van der Waals surface area contributed by atoms with Crippen LogP contribution < -0.4 is 10.2 Å². The lowest BCUT2D eigenvalue weighted by atomic mass is 10.2. The second kappa shape index (κ2) is 5.47. The molecule has 4 rings (SSSR count). The molecule has 8 nitrogen and oxygen atoms in total. The summed E-state index contributed by atoms with van der Waals surface area (Å²) in [6.07, 6.45) is 7.29. The molecule has 1 aliphatic carbocycles. The Kier molecular flexibility index (Phi) is 3.40. The van der Waals surface area contributed by atoms with E-state index in [0.717, 1.165) is 24.5 Å². The maximum Gasteiger partial charge on any atom is 0.394 e. The first kappa shape index (κ1) is 14.9. The number of amides is 1. The predicted molar refractivity (Wildman–Crippen MR) is 87.3 cm³/mol. The number of carboxylic acid groups (broad SMARTS) is 1. The molecule has 1 amide bonds. The lowest BCUT2D eigenvalue weighted by molar-refractivity contribution is -0.147. The quantitative estimate of drug-likeness (QED) is 0.807. The molecule has 8 heteroatoms. The van der Waals surface area contributed by atoms with Gasteiger partial charge in [-0.3, -0.25) is 4.79 Å². The van der Waals surface area contributed by atoms with E-state index in [2.05, 4.69) is 20.3 Å². The van der Waals surface area contributed by atoms with Crippen molar-refractivity contribution in [2.24, 2.45) is 0 Å². The zero-order chi connectivity index (χ0) is 16.8. The summed E-state index contributed by atoms with van der Waals surface area (Å²) in [5.74, 6) is -1.57. The minimum absolute atomic E-state index is 0.326. The summed E-state index contributed by atoms with van der Waals surface area (Å²) in [5.41, 5.74) is 2.91. The molecule has 2 aromatic rings. The first-order chi connectivity index (χ1) is 11.6. The Labute approximate surface area is 138 Å². The first-order valence-corrected chi connectivity index (χ1v) is 8.24. The molecule has 2 N–H and O–H groups in total. The van der Waals surface area contributed by atoms with Crippen molar-refractivity contribution in [3.63, 3.8) is 0 Å². The molecule has 0 saturated heterocycles. The number of hydrogen-bond acceptors (Lipinski definition) is 5. The van der Waals surface area contributed by atoms with Crippen molar-refractivity contribution in [1.82, 2.24) is 14.6 Å². The molecule has 0 unspecified atom stereocenters. The Morgan fingerprint density at radius 2 is 2.08 bits per heavy atom. The molecule has 0 bridgehead atoms. The van der Waals surface area contributed by atoms with Crippen LogP contribution in [0, 0.1) is 6.92 Å². The van der Waals surface area contributed by atoms with Crippen LogP contribution in [-0.4, -0.2) is 44.2 Å². The van der Waals surface area contributed by atoms with Gasteiger partial charge in [0, 0.05) is 23.8 Å².